The fraction of sp³-hybridized carbons (Fsp3) is 0.105. The molecule has 1 aliphatic heterocycles. The SMILES string of the molecule is CCOC(=O)c1ccc(N2C(=N)S/C(=C\c3cc(Br)ccc3O)C2=O)cc1. The van der Waals surface area contributed by atoms with Crippen molar-refractivity contribution in [3.8, 4) is 5.75 Å². The lowest BCUT2D eigenvalue weighted by Crippen LogP contribution is -2.28. The third kappa shape index (κ3) is 4.06. The third-order valence-corrected chi connectivity index (χ3v) is 5.12. The van der Waals surface area contributed by atoms with Crippen LogP contribution in [0.15, 0.2) is 51.8 Å². The molecular formula is C19H15BrN2O4S. The van der Waals surface area contributed by atoms with Gasteiger partial charge in [0.05, 0.1) is 22.8 Å². The molecule has 0 spiro atoms. The molecular weight excluding hydrogens is 432 g/mol. The number of rotatable bonds is 4. The van der Waals surface area contributed by atoms with Gasteiger partial charge >= 0.3 is 5.97 Å². The van der Waals surface area contributed by atoms with E-state index in [1.165, 1.54) is 11.0 Å². The predicted octanol–water partition coefficient (Wildman–Crippen LogP) is 4.39. The van der Waals surface area contributed by atoms with Gasteiger partial charge in [-0.2, -0.15) is 0 Å². The molecule has 6 nitrogen and oxygen atoms in total. The second-order valence-electron chi connectivity index (χ2n) is 5.53. The van der Waals surface area contributed by atoms with E-state index in [9.17, 15) is 14.7 Å². The topological polar surface area (TPSA) is 90.7 Å². The van der Waals surface area contributed by atoms with E-state index >= 15 is 0 Å². The number of thioether (sulfide) groups is 1. The highest BCUT2D eigenvalue weighted by atomic mass is 79.9. The van der Waals surface area contributed by atoms with Crippen molar-refractivity contribution in [1.29, 1.82) is 5.41 Å². The molecule has 27 heavy (non-hydrogen) atoms. The van der Waals surface area contributed by atoms with Crippen molar-refractivity contribution in [3.63, 3.8) is 0 Å². The van der Waals surface area contributed by atoms with Gasteiger partial charge in [-0.15, -0.1) is 0 Å². The van der Waals surface area contributed by atoms with Crippen molar-refractivity contribution >= 4 is 56.5 Å². The Kier molecular flexibility index (Phi) is 5.67. The summed E-state index contributed by atoms with van der Waals surface area (Å²) in [6.45, 7) is 2.01. The molecule has 2 N–H and O–H groups in total. The lowest BCUT2D eigenvalue weighted by Gasteiger charge is -2.14. The van der Waals surface area contributed by atoms with Crippen LogP contribution < -0.4 is 4.90 Å². The van der Waals surface area contributed by atoms with Gasteiger partial charge in [-0.05, 0) is 67.2 Å². The van der Waals surface area contributed by atoms with E-state index in [-0.39, 0.29) is 23.4 Å². The number of aromatic hydroxyl groups is 1. The first-order valence-corrected chi connectivity index (χ1v) is 9.60. The van der Waals surface area contributed by atoms with Crippen LogP contribution in [0.2, 0.25) is 0 Å². The third-order valence-electron chi connectivity index (χ3n) is 3.74. The van der Waals surface area contributed by atoms with Gasteiger partial charge in [-0.3, -0.25) is 15.1 Å². The molecule has 0 unspecified atom stereocenters. The van der Waals surface area contributed by atoms with Crippen molar-refractivity contribution < 1.29 is 19.4 Å². The number of phenolic OH excluding ortho intramolecular Hbond substituents is 1. The zero-order valence-corrected chi connectivity index (χ0v) is 16.6. The Bertz CT molecular complexity index is 957. The number of nitrogens with zero attached hydrogens (tertiary/aromatic N) is 1. The van der Waals surface area contributed by atoms with Gasteiger partial charge in [-0.1, -0.05) is 15.9 Å². The molecule has 0 radical (unpaired) electrons. The standard InChI is InChI=1S/C19H15BrN2O4S/c1-2-26-18(25)11-3-6-14(7-4-11)22-17(24)16(27-19(22)21)10-12-9-13(20)5-8-15(12)23/h3-10,21,23H,2H2,1H3/b16-10-,21-19?. The van der Waals surface area contributed by atoms with Gasteiger partial charge in [0.25, 0.3) is 5.91 Å². The van der Waals surface area contributed by atoms with E-state index in [0.29, 0.717) is 21.7 Å². The second kappa shape index (κ2) is 7.98. The fourth-order valence-corrected chi connectivity index (χ4v) is 3.70. The van der Waals surface area contributed by atoms with Crippen LogP contribution in [-0.4, -0.2) is 28.8 Å². The molecule has 2 aromatic rings. The van der Waals surface area contributed by atoms with Crippen LogP contribution >= 0.6 is 27.7 Å². The highest BCUT2D eigenvalue weighted by Gasteiger charge is 2.33. The lowest BCUT2D eigenvalue weighted by atomic mass is 10.1. The Morgan fingerprint density at radius 2 is 2.00 bits per heavy atom. The second-order valence-corrected chi connectivity index (χ2v) is 7.47. The van der Waals surface area contributed by atoms with Crippen LogP contribution in [0.3, 0.4) is 0 Å². The molecule has 8 heteroatoms. The van der Waals surface area contributed by atoms with Crippen molar-refractivity contribution in [2.45, 2.75) is 6.92 Å². The first-order chi connectivity index (χ1) is 12.9. The van der Waals surface area contributed by atoms with Crippen LogP contribution in [0.5, 0.6) is 5.75 Å². The van der Waals surface area contributed by atoms with Crippen LogP contribution in [-0.2, 0) is 9.53 Å². The molecule has 0 aromatic heterocycles. The molecule has 1 amide bonds. The highest BCUT2D eigenvalue weighted by molar-refractivity contribution is 9.10. The summed E-state index contributed by atoms with van der Waals surface area (Å²) in [6.07, 6.45) is 1.55. The molecule has 138 valence electrons. The van der Waals surface area contributed by atoms with E-state index in [2.05, 4.69) is 15.9 Å². The molecule has 0 atom stereocenters. The number of halogens is 1. The summed E-state index contributed by atoms with van der Waals surface area (Å²) >= 11 is 4.34. The monoisotopic (exact) mass is 446 g/mol. The summed E-state index contributed by atoms with van der Waals surface area (Å²) < 4.78 is 5.71. The molecule has 1 aliphatic rings. The van der Waals surface area contributed by atoms with E-state index < -0.39 is 5.97 Å². The van der Waals surface area contributed by atoms with Crippen LogP contribution in [0.1, 0.15) is 22.8 Å². The van der Waals surface area contributed by atoms with Crippen molar-refractivity contribution in [2.24, 2.45) is 0 Å². The number of phenols is 1. The number of hydrogen-bond acceptors (Lipinski definition) is 6. The number of amides is 1. The molecule has 0 aliphatic carbocycles. The quantitative estimate of drug-likeness (QED) is 0.536. The summed E-state index contributed by atoms with van der Waals surface area (Å²) in [5.41, 5.74) is 1.33. The van der Waals surface area contributed by atoms with Crippen LogP contribution in [0.25, 0.3) is 6.08 Å². The average molecular weight is 447 g/mol. The summed E-state index contributed by atoms with van der Waals surface area (Å²) in [7, 11) is 0. The molecule has 0 saturated carbocycles. The van der Waals surface area contributed by atoms with Crippen LogP contribution in [0, 0.1) is 5.41 Å². The maximum atomic E-state index is 12.7. The number of carbonyl (C=O) groups excluding carboxylic acids is 2. The average Bonchev–Trinajstić information content (AvgIpc) is 2.92. The first kappa shape index (κ1) is 19.2. The molecule has 1 saturated heterocycles. The van der Waals surface area contributed by atoms with Gasteiger partial charge in [0, 0.05) is 10.0 Å². The van der Waals surface area contributed by atoms with Gasteiger partial charge in [0.15, 0.2) is 5.17 Å². The number of anilines is 1. The number of benzene rings is 2. The predicted molar refractivity (Wildman–Crippen MR) is 109 cm³/mol. The van der Waals surface area contributed by atoms with Crippen molar-refractivity contribution in [3.05, 3.63) is 63.0 Å². The van der Waals surface area contributed by atoms with Crippen molar-refractivity contribution in [2.75, 3.05) is 11.5 Å². The maximum Gasteiger partial charge on any atom is 0.338 e. The molecule has 1 fully saturated rings. The number of amidine groups is 1. The Balaban J connectivity index is 1.87. The minimum atomic E-state index is -0.438. The summed E-state index contributed by atoms with van der Waals surface area (Å²) in [5, 5.41) is 18.1. The number of nitrogens with one attached hydrogen (secondary N) is 1. The van der Waals surface area contributed by atoms with Gasteiger partial charge in [0.2, 0.25) is 0 Å². The minimum absolute atomic E-state index is 0.0443. The molecule has 3 rings (SSSR count). The highest BCUT2D eigenvalue weighted by Crippen LogP contribution is 2.36. The Labute approximate surface area is 168 Å². The van der Waals surface area contributed by atoms with Gasteiger partial charge < -0.3 is 9.84 Å². The Hall–Kier alpha value is -2.58. The first-order valence-electron chi connectivity index (χ1n) is 7.99. The van der Waals surface area contributed by atoms with E-state index in [1.807, 2.05) is 0 Å². The number of hydrogen-bond donors (Lipinski definition) is 2. The number of ether oxygens (including phenoxy) is 1. The summed E-state index contributed by atoms with van der Waals surface area (Å²) in [5.74, 6) is -0.761. The smallest absolute Gasteiger partial charge is 0.338 e. The van der Waals surface area contributed by atoms with Crippen molar-refractivity contribution in [1.82, 2.24) is 0 Å². The largest absolute Gasteiger partial charge is 0.507 e. The molecule has 2 aromatic carbocycles. The normalized spacial score (nSPS) is 15.5. The maximum absolute atomic E-state index is 12.7. The minimum Gasteiger partial charge on any atom is -0.507 e. The van der Waals surface area contributed by atoms with E-state index in [4.69, 9.17) is 10.1 Å². The molecule has 1 heterocycles. The van der Waals surface area contributed by atoms with Gasteiger partial charge in [-0.25, -0.2) is 4.79 Å². The Morgan fingerprint density at radius 3 is 2.67 bits per heavy atom. The fourth-order valence-electron chi connectivity index (χ4n) is 2.46. The zero-order chi connectivity index (χ0) is 19.6. The Morgan fingerprint density at radius 1 is 1.30 bits per heavy atom. The van der Waals surface area contributed by atoms with Crippen LogP contribution in [0.4, 0.5) is 5.69 Å². The number of carbonyl (C=O) groups is 2. The lowest BCUT2D eigenvalue weighted by molar-refractivity contribution is -0.113. The van der Waals surface area contributed by atoms with E-state index in [0.717, 1.165) is 16.2 Å². The summed E-state index contributed by atoms with van der Waals surface area (Å²) in [6, 6.07) is 11.2. The number of esters is 1. The molecule has 0 bridgehead atoms. The van der Waals surface area contributed by atoms with Gasteiger partial charge in [0.1, 0.15) is 5.75 Å². The van der Waals surface area contributed by atoms with E-state index in [1.54, 1.807) is 49.4 Å². The zero-order valence-electron chi connectivity index (χ0n) is 14.2. The summed E-state index contributed by atoms with van der Waals surface area (Å²) in [4.78, 5) is 26.1.